The highest BCUT2D eigenvalue weighted by atomic mass is 33.1. The average Bonchev–Trinajstić information content (AvgIpc) is 3.05. The van der Waals surface area contributed by atoms with Gasteiger partial charge in [-0.15, -0.1) is 0 Å². The Hall–Kier alpha value is -5.43. The molecule has 0 unspecified atom stereocenters. The molecular formula is C27H29N11O6S2. The number of hydrazine groups is 1. The van der Waals surface area contributed by atoms with Crippen LogP contribution in [0.4, 0.5) is 22.2 Å². The van der Waals surface area contributed by atoms with Gasteiger partial charge in [-0.25, -0.2) is 30.0 Å². The molecule has 0 spiro atoms. The van der Waals surface area contributed by atoms with Crippen LogP contribution in [0.3, 0.4) is 0 Å². The van der Waals surface area contributed by atoms with E-state index in [-0.39, 0.29) is 49.0 Å². The molecule has 0 aliphatic rings. The molecule has 0 radical (unpaired) electrons. The van der Waals surface area contributed by atoms with E-state index in [1.165, 1.54) is 39.9 Å². The minimum atomic E-state index is -1.35. The first-order valence-corrected chi connectivity index (χ1v) is 15.8. The normalized spacial score (nSPS) is 11.3. The number of carbonyl (C=O) groups excluding carboxylic acids is 3. The number of nitrogens with one attached hydrogen (secondary N) is 4. The molecule has 19 heteroatoms. The molecule has 0 aliphatic heterocycles. The summed E-state index contributed by atoms with van der Waals surface area (Å²) in [6.07, 6.45) is 1.81. The molecule has 1 atom stereocenters. The molecule has 0 saturated carbocycles. The minimum absolute atomic E-state index is 0.000335. The second kappa shape index (κ2) is 16.6. The fourth-order valence-electron chi connectivity index (χ4n) is 3.66. The van der Waals surface area contributed by atoms with Crippen molar-refractivity contribution in [2.75, 3.05) is 29.1 Å². The highest BCUT2D eigenvalue weighted by Gasteiger charge is 2.22. The summed E-state index contributed by atoms with van der Waals surface area (Å²) in [7, 11) is 2.88. The van der Waals surface area contributed by atoms with Gasteiger partial charge in [0.15, 0.2) is 17.0 Å². The molecule has 3 heterocycles. The minimum Gasteiger partial charge on any atom is -0.480 e. The Balaban J connectivity index is 1.16. The first-order chi connectivity index (χ1) is 22.2. The molecule has 0 aliphatic carbocycles. The monoisotopic (exact) mass is 667 g/mol. The van der Waals surface area contributed by atoms with E-state index in [0.29, 0.717) is 22.7 Å². The van der Waals surface area contributed by atoms with Crippen molar-refractivity contribution in [3.8, 4) is 0 Å². The lowest BCUT2D eigenvalue weighted by molar-refractivity contribution is -0.139. The molecule has 0 bridgehead atoms. The van der Waals surface area contributed by atoms with Gasteiger partial charge in [-0.05, 0) is 53.6 Å². The van der Waals surface area contributed by atoms with Crippen LogP contribution in [0.1, 0.15) is 28.9 Å². The Labute approximate surface area is 269 Å². The van der Waals surface area contributed by atoms with Crippen molar-refractivity contribution in [2.24, 2.45) is 0 Å². The number of hydrogen-bond donors (Lipinski definition) is 7. The molecular weight excluding hydrogens is 639 g/mol. The van der Waals surface area contributed by atoms with Gasteiger partial charge in [0.2, 0.25) is 11.9 Å². The van der Waals surface area contributed by atoms with E-state index in [0.717, 1.165) is 5.03 Å². The van der Waals surface area contributed by atoms with Crippen molar-refractivity contribution in [3.05, 3.63) is 66.1 Å². The zero-order chi connectivity index (χ0) is 32.9. The second-order valence-electron chi connectivity index (χ2n) is 9.22. The lowest BCUT2D eigenvalue weighted by Crippen LogP contribution is -2.44. The molecule has 4 aromatic rings. The molecule has 9 N–H and O–H groups in total. The van der Waals surface area contributed by atoms with Gasteiger partial charge in [-0.1, -0.05) is 16.9 Å². The number of ether oxygens (including phenoxy) is 1. The van der Waals surface area contributed by atoms with Crippen molar-refractivity contribution in [2.45, 2.75) is 30.5 Å². The Morgan fingerprint density at radius 3 is 2.52 bits per heavy atom. The van der Waals surface area contributed by atoms with E-state index in [1.807, 2.05) is 18.2 Å². The van der Waals surface area contributed by atoms with Crippen molar-refractivity contribution in [3.63, 3.8) is 0 Å². The topological polar surface area (TPSA) is 262 Å². The van der Waals surface area contributed by atoms with Crippen LogP contribution in [0, 0.1) is 0 Å². The molecule has 3 amide bonds. The number of anilines is 3. The predicted octanol–water partition coefficient (Wildman–Crippen LogP) is 1.75. The molecule has 240 valence electrons. The van der Waals surface area contributed by atoms with Gasteiger partial charge >= 0.3 is 12.1 Å². The van der Waals surface area contributed by atoms with E-state index in [2.05, 4.69) is 46.4 Å². The Morgan fingerprint density at radius 2 is 1.78 bits per heavy atom. The van der Waals surface area contributed by atoms with Gasteiger partial charge in [0, 0.05) is 29.6 Å². The van der Waals surface area contributed by atoms with Gasteiger partial charge < -0.3 is 31.9 Å². The second-order valence-corrected chi connectivity index (χ2v) is 11.7. The summed E-state index contributed by atoms with van der Waals surface area (Å²) in [6, 6.07) is 10.5. The number of nitrogens with two attached hydrogens (primary N) is 2. The number of nitrogen functional groups attached to an aromatic ring is 2. The van der Waals surface area contributed by atoms with Crippen molar-refractivity contribution in [1.29, 1.82) is 0 Å². The number of amides is 3. The first kappa shape index (κ1) is 33.5. The van der Waals surface area contributed by atoms with E-state index in [4.69, 9.17) is 16.2 Å². The molecule has 0 fully saturated rings. The molecule has 1 aromatic carbocycles. The van der Waals surface area contributed by atoms with Crippen molar-refractivity contribution < 1.29 is 29.0 Å². The standard InChI is InChI=1S/C27H29N11O6S2/c28-22-21-23(36-26(29)35-22)32-14-17(33-21)13-31-16-6-4-15(5-7-16)24(40)34-18(25(41)42)8-9-19(39)37-38-27(43)44-11-12-45-46-20-3-1-2-10-30-20/h1-7,10,14,18,31H,8-9,11-13H2,(H,34,40)(H,37,39)(H,38,43)(H,41,42)(H4,28,29,32,35,36)/t18-/m0/s1. The number of carboxylic acids is 1. The number of carboxylic acid groups (broad SMARTS) is 1. The van der Waals surface area contributed by atoms with Gasteiger partial charge in [-0.3, -0.25) is 15.0 Å². The van der Waals surface area contributed by atoms with Gasteiger partial charge in [0.1, 0.15) is 17.7 Å². The number of benzene rings is 1. The highest BCUT2D eigenvalue weighted by Crippen LogP contribution is 2.28. The molecule has 0 saturated heterocycles. The van der Waals surface area contributed by atoms with E-state index < -0.39 is 29.9 Å². The first-order valence-electron chi connectivity index (χ1n) is 13.5. The van der Waals surface area contributed by atoms with Gasteiger partial charge in [-0.2, -0.15) is 9.97 Å². The van der Waals surface area contributed by atoms with Crippen LogP contribution in [0.5, 0.6) is 0 Å². The van der Waals surface area contributed by atoms with Crippen LogP contribution >= 0.6 is 21.6 Å². The lowest BCUT2D eigenvalue weighted by Gasteiger charge is -2.15. The van der Waals surface area contributed by atoms with Crippen LogP contribution in [0.25, 0.3) is 11.2 Å². The van der Waals surface area contributed by atoms with E-state index in [9.17, 15) is 24.3 Å². The number of rotatable bonds is 14. The van der Waals surface area contributed by atoms with Crippen LogP contribution in [0.2, 0.25) is 0 Å². The molecule has 3 aromatic heterocycles. The Morgan fingerprint density at radius 1 is 0.978 bits per heavy atom. The number of aromatic nitrogens is 5. The number of hydrogen-bond acceptors (Lipinski definition) is 15. The third-order valence-corrected chi connectivity index (χ3v) is 8.10. The number of pyridine rings is 1. The summed E-state index contributed by atoms with van der Waals surface area (Å²) in [4.78, 5) is 68.9. The van der Waals surface area contributed by atoms with Gasteiger partial charge in [0.25, 0.3) is 5.91 Å². The number of carbonyl (C=O) groups is 4. The smallest absolute Gasteiger partial charge is 0.426 e. The van der Waals surface area contributed by atoms with Crippen LogP contribution in [-0.4, -0.2) is 72.3 Å². The lowest BCUT2D eigenvalue weighted by atomic mass is 10.1. The third kappa shape index (κ3) is 10.3. The molecule has 17 nitrogen and oxygen atoms in total. The summed E-state index contributed by atoms with van der Waals surface area (Å²) >= 11 is 0. The molecule has 4 rings (SSSR count). The predicted molar refractivity (Wildman–Crippen MR) is 171 cm³/mol. The number of fused-ring (bicyclic) bond motifs is 1. The zero-order valence-corrected chi connectivity index (χ0v) is 25.6. The maximum absolute atomic E-state index is 12.7. The highest BCUT2D eigenvalue weighted by molar-refractivity contribution is 8.76. The maximum Gasteiger partial charge on any atom is 0.426 e. The average molecular weight is 668 g/mol. The van der Waals surface area contributed by atoms with Crippen molar-refractivity contribution in [1.82, 2.24) is 41.1 Å². The number of nitrogens with zero attached hydrogens (tertiary/aromatic N) is 5. The summed E-state index contributed by atoms with van der Waals surface area (Å²) in [5, 5.41) is 15.9. The quantitative estimate of drug-likeness (QED) is 0.0573. The summed E-state index contributed by atoms with van der Waals surface area (Å²) < 4.78 is 4.97. The Kier molecular flexibility index (Phi) is 12.1. The Bertz CT molecular complexity index is 1680. The van der Waals surface area contributed by atoms with Crippen molar-refractivity contribution >= 4 is 74.1 Å². The summed E-state index contributed by atoms with van der Waals surface area (Å²) in [5.41, 5.74) is 17.7. The summed E-state index contributed by atoms with van der Waals surface area (Å²) in [6.45, 7) is 0.371. The van der Waals surface area contributed by atoms with E-state index in [1.54, 1.807) is 18.3 Å². The SMILES string of the molecule is Nc1nc(N)c2nc(CNc3ccc(C(=O)N[C@@H](CCC(=O)NNC(=O)OCCSSc4ccccn4)C(=O)O)cc3)cnc2n1. The fraction of sp³-hybridized carbons (Fsp3) is 0.222. The fourth-order valence-corrected chi connectivity index (χ4v) is 5.37. The van der Waals surface area contributed by atoms with Crippen LogP contribution < -0.4 is 33.0 Å². The van der Waals surface area contributed by atoms with Gasteiger partial charge in [0.05, 0.1) is 18.4 Å². The van der Waals surface area contributed by atoms with E-state index >= 15 is 0 Å². The van der Waals surface area contributed by atoms with Crippen LogP contribution in [-0.2, 0) is 20.9 Å². The third-order valence-electron chi connectivity index (χ3n) is 5.87. The van der Waals surface area contributed by atoms with Crippen LogP contribution in [0.15, 0.2) is 59.9 Å². The zero-order valence-electron chi connectivity index (χ0n) is 24.0. The maximum atomic E-state index is 12.7. The molecule has 46 heavy (non-hydrogen) atoms. The summed E-state index contributed by atoms with van der Waals surface area (Å²) in [5.74, 6) is -2.02. The number of aliphatic carboxylic acids is 1. The largest absolute Gasteiger partial charge is 0.480 e.